The Morgan fingerprint density at radius 3 is 2.50 bits per heavy atom. The van der Waals surface area contributed by atoms with E-state index in [4.69, 9.17) is 4.74 Å². The Morgan fingerprint density at radius 2 is 1.77 bits per heavy atom. The number of hydrogen-bond donors (Lipinski definition) is 1. The minimum Gasteiger partial charge on any atom is -0.456 e. The maximum absolute atomic E-state index is 11.9. The molecule has 0 spiro atoms. The van der Waals surface area contributed by atoms with Crippen molar-refractivity contribution in [3.63, 3.8) is 0 Å². The summed E-state index contributed by atoms with van der Waals surface area (Å²) in [5.41, 5.74) is 0. The smallest absolute Gasteiger partial charge is 0.306 e. The summed E-state index contributed by atoms with van der Waals surface area (Å²) in [5, 5.41) is 3.04. The third kappa shape index (κ3) is 5.29. The van der Waals surface area contributed by atoms with Crippen molar-refractivity contribution in [1.29, 1.82) is 0 Å². The van der Waals surface area contributed by atoms with Crippen molar-refractivity contribution in [2.45, 2.75) is 77.7 Å². The molecule has 1 N–H and O–H groups in total. The van der Waals surface area contributed by atoms with E-state index in [1.54, 1.807) is 0 Å². The number of carbonyl (C=O) groups is 2. The lowest BCUT2D eigenvalue weighted by Crippen LogP contribution is -2.45. The van der Waals surface area contributed by atoms with E-state index < -0.39 is 0 Å². The van der Waals surface area contributed by atoms with Gasteiger partial charge in [0.1, 0.15) is 0 Å². The van der Waals surface area contributed by atoms with Gasteiger partial charge in [0.05, 0.1) is 0 Å². The molecule has 0 radical (unpaired) electrons. The van der Waals surface area contributed by atoms with Gasteiger partial charge >= 0.3 is 5.97 Å². The first kappa shape index (κ1) is 17.3. The Bertz CT molecular complexity index is 377. The van der Waals surface area contributed by atoms with E-state index in [0.717, 1.165) is 19.3 Å². The van der Waals surface area contributed by atoms with Crippen LogP contribution in [-0.2, 0) is 14.3 Å². The van der Waals surface area contributed by atoms with E-state index >= 15 is 0 Å². The SMILES string of the molecule is C[C@H]1[C@@H](NC(=O)COC(=O)CCC2CCCC2)CCC[C@@H]1C. The molecule has 2 fully saturated rings. The molecule has 22 heavy (non-hydrogen) atoms. The highest BCUT2D eigenvalue weighted by molar-refractivity contribution is 5.80. The number of amides is 1. The molecule has 4 heteroatoms. The first-order chi connectivity index (χ1) is 10.6. The number of carbonyl (C=O) groups excluding carboxylic acids is 2. The van der Waals surface area contributed by atoms with Gasteiger partial charge in [-0.3, -0.25) is 9.59 Å². The molecule has 1 amide bonds. The van der Waals surface area contributed by atoms with E-state index in [-0.39, 0.29) is 24.5 Å². The largest absolute Gasteiger partial charge is 0.456 e. The van der Waals surface area contributed by atoms with Crippen LogP contribution in [0.4, 0.5) is 0 Å². The number of rotatable bonds is 6. The standard InChI is InChI=1S/C18H31NO3/c1-13-6-5-9-16(14(13)2)19-17(20)12-22-18(21)11-10-15-7-3-4-8-15/h13-16H,3-12H2,1-2H3,(H,19,20)/t13-,14+,16-/m0/s1. The second kappa shape index (κ2) is 8.54. The van der Waals surface area contributed by atoms with Crippen molar-refractivity contribution in [2.24, 2.45) is 17.8 Å². The van der Waals surface area contributed by atoms with Crippen LogP contribution in [0, 0.1) is 17.8 Å². The zero-order chi connectivity index (χ0) is 15.9. The summed E-state index contributed by atoms with van der Waals surface area (Å²) >= 11 is 0. The lowest BCUT2D eigenvalue weighted by Gasteiger charge is -2.34. The molecule has 2 rings (SSSR count). The molecule has 0 aromatic rings. The van der Waals surface area contributed by atoms with Crippen LogP contribution in [0.3, 0.4) is 0 Å². The maximum Gasteiger partial charge on any atom is 0.306 e. The highest BCUT2D eigenvalue weighted by atomic mass is 16.5. The van der Waals surface area contributed by atoms with E-state index in [0.29, 0.717) is 24.2 Å². The minimum absolute atomic E-state index is 0.124. The average molecular weight is 309 g/mol. The predicted molar refractivity (Wildman–Crippen MR) is 86.3 cm³/mol. The first-order valence-corrected chi connectivity index (χ1v) is 9.01. The third-order valence-electron chi connectivity index (χ3n) is 5.65. The molecule has 126 valence electrons. The topological polar surface area (TPSA) is 55.4 Å². The molecule has 0 aliphatic heterocycles. The fraction of sp³-hybridized carbons (Fsp3) is 0.889. The van der Waals surface area contributed by atoms with Gasteiger partial charge in [-0.15, -0.1) is 0 Å². The summed E-state index contributed by atoms with van der Waals surface area (Å²) in [5.74, 6) is 1.45. The monoisotopic (exact) mass is 309 g/mol. The summed E-state index contributed by atoms with van der Waals surface area (Å²) in [6, 6.07) is 0.230. The van der Waals surface area contributed by atoms with Crippen LogP contribution >= 0.6 is 0 Å². The number of esters is 1. The lowest BCUT2D eigenvalue weighted by molar-refractivity contribution is -0.149. The molecule has 0 bridgehead atoms. The van der Waals surface area contributed by atoms with Gasteiger partial charge in [-0.1, -0.05) is 52.4 Å². The highest BCUT2D eigenvalue weighted by Crippen LogP contribution is 2.29. The first-order valence-electron chi connectivity index (χ1n) is 9.01. The molecule has 4 nitrogen and oxygen atoms in total. The van der Waals surface area contributed by atoms with Gasteiger partial charge in [0.25, 0.3) is 5.91 Å². The molecule has 2 saturated carbocycles. The molecule has 2 aliphatic rings. The Kier molecular flexibility index (Phi) is 6.71. The second-order valence-corrected chi connectivity index (χ2v) is 7.29. The van der Waals surface area contributed by atoms with Crippen LogP contribution in [0.1, 0.15) is 71.6 Å². The predicted octanol–water partition coefficient (Wildman–Crippen LogP) is 3.44. The van der Waals surface area contributed by atoms with Gasteiger partial charge in [-0.05, 0) is 30.6 Å². The minimum atomic E-state index is -0.230. The summed E-state index contributed by atoms with van der Waals surface area (Å²) in [6.07, 6.45) is 9.87. The summed E-state index contributed by atoms with van der Waals surface area (Å²) in [4.78, 5) is 23.7. The van der Waals surface area contributed by atoms with E-state index in [1.807, 2.05) is 0 Å². The third-order valence-corrected chi connectivity index (χ3v) is 5.65. The van der Waals surface area contributed by atoms with Crippen molar-refractivity contribution >= 4 is 11.9 Å². The number of hydrogen-bond acceptors (Lipinski definition) is 3. The highest BCUT2D eigenvalue weighted by Gasteiger charge is 2.28. The van der Waals surface area contributed by atoms with Crippen LogP contribution in [0.2, 0.25) is 0 Å². The van der Waals surface area contributed by atoms with E-state index in [2.05, 4.69) is 19.2 Å². The Labute approximate surface area is 134 Å². The quantitative estimate of drug-likeness (QED) is 0.765. The molecule has 0 aromatic carbocycles. The Hall–Kier alpha value is -1.06. The van der Waals surface area contributed by atoms with Crippen LogP contribution in [0.15, 0.2) is 0 Å². The molecular formula is C18H31NO3. The van der Waals surface area contributed by atoms with Crippen LogP contribution in [0.25, 0.3) is 0 Å². The summed E-state index contributed by atoms with van der Waals surface area (Å²) in [7, 11) is 0. The lowest BCUT2D eigenvalue weighted by atomic mass is 9.78. The molecule has 0 saturated heterocycles. The van der Waals surface area contributed by atoms with E-state index in [9.17, 15) is 9.59 Å². The maximum atomic E-state index is 11.9. The van der Waals surface area contributed by atoms with Gasteiger partial charge in [0.15, 0.2) is 6.61 Å². The molecule has 0 aromatic heterocycles. The summed E-state index contributed by atoms with van der Waals surface area (Å²) in [6.45, 7) is 4.31. The molecule has 0 unspecified atom stereocenters. The summed E-state index contributed by atoms with van der Waals surface area (Å²) < 4.78 is 5.12. The number of nitrogens with one attached hydrogen (secondary N) is 1. The Morgan fingerprint density at radius 1 is 1.05 bits per heavy atom. The van der Waals surface area contributed by atoms with Crippen molar-refractivity contribution in [3.8, 4) is 0 Å². The second-order valence-electron chi connectivity index (χ2n) is 7.29. The van der Waals surface area contributed by atoms with Crippen molar-refractivity contribution < 1.29 is 14.3 Å². The van der Waals surface area contributed by atoms with Crippen LogP contribution in [-0.4, -0.2) is 24.5 Å². The molecule has 0 heterocycles. The van der Waals surface area contributed by atoms with Crippen molar-refractivity contribution in [2.75, 3.05) is 6.61 Å². The van der Waals surface area contributed by atoms with Crippen molar-refractivity contribution in [1.82, 2.24) is 5.32 Å². The van der Waals surface area contributed by atoms with Gasteiger partial charge in [0, 0.05) is 12.5 Å². The van der Waals surface area contributed by atoms with Crippen molar-refractivity contribution in [3.05, 3.63) is 0 Å². The van der Waals surface area contributed by atoms with E-state index in [1.165, 1.54) is 32.1 Å². The normalized spacial score (nSPS) is 29.3. The average Bonchev–Trinajstić information content (AvgIpc) is 3.01. The fourth-order valence-electron chi connectivity index (χ4n) is 3.87. The van der Waals surface area contributed by atoms with Gasteiger partial charge in [-0.25, -0.2) is 0 Å². The fourth-order valence-corrected chi connectivity index (χ4v) is 3.87. The molecular weight excluding hydrogens is 278 g/mol. The van der Waals surface area contributed by atoms with Gasteiger partial charge in [0.2, 0.25) is 0 Å². The zero-order valence-corrected chi connectivity index (χ0v) is 14.1. The zero-order valence-electron chi connectivity index (χ0n) is 14.1. The van der Waals surface area contributed by atoms with Gasteiger partial charge < -0.3 is 10.1 Å². The van der Waals surface area contributed by atoms with Crippen LogP contribution < -0.4 is 5.32 Å². The number of ether oxygens (including phenoxy) is 1. The van der Waals surface area contributed by atoms with Gasteiger partial charge in [-0.2, -0.15) is 0 Å². The van der Waals surface area contributed by atoms with Crippen LogP contribution in [0.5, 0.6) is 0 Å². The Balaban J connectivity index is 1.61. The molecule has 2 aliphatic carbocycles. The molecule has 3 atom stereocenters.